The van der Waals surface area contributed by atoms with Crippen molar-refractivity contribution in [1.29, 1.82) is 0 Å². The second kappa shape index (κ2) is 6.94. The van der Waals surface area contributed by atoms with Gasteiger partial charge in [-0.3, -0.25) is 0 Å². The summed E-state index contributed by atoms with van der Waals surface area (Å²) in [5, 5.41) is 4.33. The van der Waals surface area contributed by atoms with Gasteiger partial charge in [-0.25, -0.2) is 0 Å². The summed E-state index contributed by atoms with van der Waals surface area (Å²) in [4.78, 5) is 0. The molecule has 4 heteroatoms. The van der Waals surface area contributed by atoms with E-state index in [2.05, 4.69) is 24.0 Å². The lowest BCUT2D eigenvalue weighted by Gasteiger charge is -2.23. The first kappa shape index (κ1) is 14.4. The van der Waals surface area contributed by atoms with E-state index in [1.54, 1.807) is 0 Å². The molecule has 0 saturated heterocycles. The smallest absolute Gasteiger partial charge is 0.144 e. The lowest BCUT2D eigenvalue weighted by Crippen LogP contribution is -2.26. The summed E-state index contributed by atoms with van der Waals surface area (Å²) < 4.78 is 5.55. The summed E-state index contributed by atoms with van der Waals surface area (Å²) in [6.45, 7) is 4.85. The summed E-state index contributed by atoms with van der Waals surface area (Å²) in [6, 6.07) is 6.51. The number of hydrogen-bond acceptors (Lipinski definition) is 4. The van der Waals surface area contributed by atoms with E-state index in [0.717, 1.165) is 17.1 Å². The molecule has 1 aromatic carbocycles. The van der Waals surface area contributed by atoms with Crippen LogP contribution in [0.5, 0.6) is 5.75 Å². The summed E-state index contributed by atoms with van der Waals surface area (Å²) in [6.07, 6.45) is 3.84. The first-order valence-electron chi connectivity index (χ1n) is 7.15. The normalized spacial score (nSPS) is 22.4. The fourth-order valence-corrected chi connectivity index (χ4v) is 3.85. The molecule has 1 aromatic rings. The highest BCUT2D eigenvalue weighted by Gasteiger charge is 2.27. The van der Waals surface area contributed by atoms with Crippen molar-refractivity contribution >= 4 is 23.1 Å². The Morgan fingerprint density at radius 1 is 1.37 bits per heavy atom. The molecule has 2 rings (SSSR count). The summed E-state index contributed by atoms with van der Waals surface area (Å²) in [5.41, 5.74) is 7.92. The Hall–Kier alpha value is -1.03. The standard InChI is InChI=1S/C15H24N2OS/c1-3-18-13-9-5-8-12(15(13)16)17-11-7-6-10-14(11)19-4-2/h5,8-9,11,14,17H,3-4,6-7,10,16H2,1-2H3. The van der Waals surface area contributed by atoms with Crippen LogP contribution in [0.2, 0.25) is 0 Å². The molecule has 1 fully saturated rings. The minimum Gasteiger partial charge on any atom is -0.492 e. The van der Waals surface area contributed by atoms with Crippen LogP contribution in [-0.4, -0.2) is 23.7 Å². The lowest BCUT2D eigenvalue weighted by molar-refractivity contribution is 0.342. The maximum Gasteiger partial charge on any atom is 0.144 e. The number of rotatable bonds is 6. The number of nitrogens with one attached hydrogen (secondary N) is 1. The highest BCUT2D eigenvalue weighted by Crippen LogP contribution is 2.35. The molecule has 1 saturated carbocycles. The third kappa shape index (κ3) is 3.50. The molecular formula is C15H24N2OS. The number of thioether (sulfide) groups is 1. The van der Waals surface area contributed by atoms with E-state index in [1.807, 2.05) is 25.1 Å². The Bertz CT molecular complexity index is 411. The molecule has 1 aliphatic rings. The van der Waals surface area contributed by atoms with Crippen molar-refractivity contribution in [2.24, 2.45) is 0 Å². The Balaban J connectivity index is 2.08. The van der Waals surface area contributed by atoms with Gasteiger partial charge in [0.15, 0.2) is 0 Å². The zero-order valence-corrected chi connectivity index (χ0v) is 12.6. The second-order valence-corrected chi connectivity index (χ2v) is 6.34. The minimum absolute atomic E-state index is 0.532. The number of ether oxygens (including phenoxy) is 1. The predicted octanol–water partition coefficient (Wildman–Crippen LogP) is 3.75. The number of nitrogen functional groups attached to an aromatic ring is 1. The Labute approximate surface area is 120 Å². The average molecular weight is 280 g/mol. The van der Waals surface area contributed by atoms with Crippen molar-refractivity contribution in [1.82, 2.24) is 0 Å². The van der Waals surface area contributed by atoms with Crippen LogP contribution >= 0.6 is 11.8 Å². The zero-order chi connectivity index (χ0) is 13.7. The van der Waals surface area contributed by atoms with E-state index in [-0.39, 0.29) is 0 Å². The van der Waals surface area contributed by atoms with Gasteiger partial charge >= 0.3 is 0 Å². The molecule has 3 N–H and O–H groups in total. The number of benzene rings is 1. The molecule has 0 heterocycles. The van der Waals surface area contributed by atoms with Crippen LogP contribution < -0.4 is 15.8 Å². The van der Waals surface area contributed by atoms with Gasteiger partial charge in [-0.2, -0.15) is 11.8 Å². The van der Waals surface area contributed by atoms with Crippen LogP contribution in [0, 0.1) is 0 Å². The quantitative estimate of drug-likeness (QED) is 0.779. The van der Waals surface area contributed by atoms with Crippen LogP contribution in [-0.2, 0) is 0 Å². The molecule has 0 aromatic heterocycles. The van der Waals surface area contributed by atoms with Crippen molar-refractivity contribution in [2.75, 3.05) is 23.4 Å². The van der Waals surface area contributed by atoms with Crippen molar-refractivity contribution in [3.63, 3.8) is 0 Å². The SMILES string of the molecule is CCOc1cccc(NC2CCCC2SCC)c1N. The summed E-state index contributed by atoms with van der Waals surface area (Å²) >= 11 is 2.05. The average Bonchev–Trinajstić information content (AvgIpc) is 2.82. The first-order chi connectivity index (χ1) is 9.26. The Morgan fingerprint density at radius 3 is 2.95 bits per heavy atom. The molecule has 2 unspecified atom stereocenters. The van der Waals surface area contributed by atoms with Crippen molar-refractivity contribution in [3.8, 4) is 5.75 Å². The van der Waals surface area contributed by atoms with Crippen molar-refractivity contribution < 1.29 is 4.74 Å². The third-order valence-corrected chi connectivity index (χ3v) is 4.87. The van der Waals surface area contributed by atoms with Crippen LogP contribution in [0.1, 0.15) is 33.1 Å². The van der Waals surface area contributed by atoms with Crippen LogP contribution in [0.4, 0.5) is 11.4 Å². The topological polar surface area (TPSA) is 47.3 Å². The summed E-state index contributed by atoms with van der Waals surface area (Å²) in [7, 11) is 0. The van der Waals surface area contributed by atoms with E-state index in [0.29, 0.717) is 17.9 Å². The highest BCUT2D eigenvalue weighted by atomic mass is 32.2. The molecule has 2 atom stereocenters. The van der Waals surface area contributed by atoms with E-state index >= 15 is 0 Å². The van der Waals surface area contributed by atoms with Gasteiger partial charge in [0, 0.05) is 11.3 Å². The number of nitrogens with two attached hydrogens (primary N) is 1. The lowest BCUT2D eigenvalue weighted by atomic mass is 10.2. The molecule has 0 amide bonds. The molecule has 3 nitrogen and oxygen atoms in total. The molecular weight excluding hydrogens is 256 g/mol. The highest BCUT2D eigenvalue weighted by molar-refractivity contribution is 7.99. The third-order valence-electron chi connectivity index (χ3n) is 3.54. The van der Waals surface area contributed by atoms with Crippen LogP contribution in [0.3, 0.4) is 0 Å². The number of para-hydroxylation sites is 1. The molecule has 0 spiro atoms. The fourth-order valence-electron chi connectivity index (χ4n) is 2.66. The van der Waals surface area contributed by atoms with E-state index in [9.17, 15) is 0 Å². The van der Waals surface area contributed by atoms with Gasteiger partial charge in [-0.05, 0) is 37.7 Å². The van der Waals surface area contributed by atoms with E-state index in [4.69, 9.17) is 10.5 Å². The zero-order valence-electron chi connectivity index (χ0n) is 11.8. The number of anilines is 2. The second-order valence-electron chi connectivity index (χ2n) is 4.83. The van der Waals surface area contributed by atoms with Gasteiger partial charge in [0.2, 0.25) is 0 Å². The first-order valence-corrected chi connectivity index (χ1v) is 8.20. The van der Waals surface area contributed by atoms with Gasteiger partial charge in [0.05, 0.1) is 18.0 Å². The van der Waals surface area contributed by atoms with E-state index < -0.39 is 0 Å². The van der Waals surface area contributed by atoms with Crippen LogP contribution in [0.25, 0.3) is 0 Å². The van der Waals surface area contributed by atoms with Gasteiger partial charge in [0.25, 0.3) is 0 Å². The maximum atomic E-state index is 6.17. The minimum atomic E-state index is 0.532. The molecule has 0 bridgehead atoms. The molecule has 106 valence electrons. The Morgan fingerprint density at radius 2 is 2.21 bits per heavy atom. The Kier molecular flexibility index (Phi) is 5.25. The maximum absolute atomic E-state index is 6.17. The molecule has 0 radical (unpaired) electrons. The number of hydrogen-bond donors (Lipinski definition) is 2. The van der Waals surface area contributed by atoms with Gasteiger partial charge < -0.3 is 15.8 Å². The largest absolute Gasteiger partial charge is 0.492 e. The van der Waals surface area contributed by atoms with Crippen molar-refractivity contribution in [2.45, 2.75) is 44.4 Å². The van der Waals surface area contributed by atoms with Gasteiger partial charge in [-0.15, -0.1) is 0 Å². The van der Waals surface area contributed by atoms with Gasteiger partial charge in [-0.1, -0.05) is 19.4 Å². The van der Waals surface area contributed by atoms with Crippen LogP contribution in [0.15, 0.2) is 18.2 Å². The van der Waals surface area contributed by atoms with Crippen molar-refractivity contribution in [3.05, 3.63) is 18.2 Å². The van der Waals surface area contributed by atoms with E-state index in [1.165, 1.54) is 25.0 Å². The molecule has 0 aliphatic heterocycles. The van der Waals surface area contributed by atoms with Gasteiger partial charge in [0.1, 0.15) is 5.75 Å². The fraction of sp³-hybridized carbons (Fsp3) is 0.600. The monoisotopic (exact) mass is 280 g/mol. The predicted molar refractivity (Wildman–Crippen MR) is 85.2 cm³/mol. The summed E-state index contributed by atoms with van der Waals surface area (Å²) in [5.74, 6) is 1.96. The molecule has 19 heavy (non-hydrogen) atoms. The molecule has 1 aliphatic carbocycles.